The van der Waals surface area contributed by atoms with Crippen molar-refractivity contribution in [2.45, 2.75) is 57.5 Å². The number of hydrogen-bond acceptors (Lipinski definition) is 6. The van der Waals surface area contributed by atoms with Crippen LogP contribution in [0.5, 0.6) is 5.75 Å². The second-order valence-electron chi connectivity index (χ2n) is 9.81. The summed E-state index contributed by atoms with van der Waals surface area (Å²) in [5, 5.41) is 4.29. The van der Waals surface area contributed by atoms with Crippen molar-refractivity contribution < 1.29 is 22.5 Å². The number of thiol groups is 1. The van der Waals surface area contributed by atoms with Gasteiger partial charge in [-0.3, -0.25) is 9.00 Å². The summed E-state index contributed by atoms with van der Waals surface area (Å²) in [4.78, 5) is 15.6. The lowest BCUT2D eigenvalue weighted by Crippen LogP contribution is -2.53. The first-order valence-electron chi connectivity index (χ1n) is 12.5. The van der Waals surface area contributed by atoms with E-state index >= 15 is 0 Å². The van der Waals surface area contributed by atoms with E-state index in [1.807, 2.05) is 36.2 Å². The molecule has 8 nitrogen and oxygen atoms in total. The van der Waals surface area contributed by atoms with Crippen LogP contribution in [-0.2, 0) is 14.9 Å². The SMILES string of the molecule is CCOC1CCC(Oc2c(N3CCN([SH](C)(=O)C(C)C)CC3)cnn(-c3cc(F)cc(F)c3)c2=O)C1. The number of piperazine rings is 1. The topological polar surface area (TPSA) is 76.9 Å². The third-order valence-electron chi connectivity index (χ3n) is 7.15. The molecular formula is C25H36F2N4O4S. The average Bonchev–Trinajstić information content (AvgIpc) is 3.27. The predicted molar refractivity (Wildman–Crippen MR) is 138 cm³/mol. The standard InChI is InChI=1S/C25H36F2N4O4S/c1-5-34-21-6-7-22(15-21)35-24-23(29-8-10-30(11-9-29)36(4,33)17(2)3)16-28-31(25(24)32)20-13-18(26)12-19(27)14-20/h12-14,16-17,21-22,36H,5-11,15H2,1-4H3. The van der Waals surface area contributed by atoms with Gasteiger partial charge in [-0.25, -0.2) is 13.1 Å². The van der Waals surface area contributed by atoms with E-state index in [0.29, 0.717) is 44.9 Å². The Labute approximate surface area is 211 Å². The highest BCUT2D eigenvalue weighted by Crippen LogP contribution is 2.32. The normalized spacial score (nSPS) is 21.8. The molecule has 1 saturated heterocycles. The van der Waals surface area contributed by atoms with E-state index in [9.17, 15) is 17.8 Å². The van der Waals surface area contributed by atoms with Crippen LogP contribution < -0.4 is 15.2 Å². The van der Waals surface area contributed by atoms with E-state index in [1.165, 1.54) is 6.20 Å². The molecule has 36 heavy (non-hydrogen) atoms. The van der Waals surface area contributed by atoms with Gasteiger partial charge < -0.3 is 14.4 Å². The first-order chi connectivity index (χ1) is 17.1. The van der Waals surface area contributed by atoms with Crippen molar-refractivity contribution in [1.29, 1.82) is 0 Å². The summed E-state index contributed by atoms with van der Waals surface area (Å²) in [5.41, 5.74) is -0.0626. The van der Waals surface area contributed by atoms with Gasteiger partial charge in [-0.05, 0) is 31.9 Å². The molecule has 4 rings (SSSR count). The van der Waals surface area contributed by atoms with Gasteiger partial charge in [-0.1, -0.05) is 24.0 Å². The highest BCUT2D eigenvalue weighted by molar-refractivity contribution is 8.00. The van der Waals surface area contributed by atoms with Gasteiger partial charge in [-0.15, -0.1) is 0 Å². The average molecular weight is 527 g/mol. The van der Waals surface area contributed by atoms with Crippen molar-refractivity contribution in [1.82, 2.24) is 14.1 Å². The second-order valence-corrected chi connectivity index (χ2v) is 13.3. The lowest BCUT2D eigenvalue weighted by atomic mass is 10.2. The molecule has 0 radical (unpaired) electrons. The second kappa shape index (κ2) is 10.9. The molecule has 11 heteroatoms. The maximum Gasteiger partial charge on any atom is 0.316 e. The van der Waals surface area contributed by atoms with E-state index in [1.54, 1.807) is 0 Å². The quantitative estimate of drug-likeness (QED) is 0.533. The smallest absolute Gasteiger partial charge is 0.316 e. The Balaban J connectivity index is 1.65. The number of rotatable bonds is 8. The Morgan fingerprint density at radius 3 is 2.33 bits per heavy atom. The van der Waals surface area contributed by atoms with Gasteiger partial charge in [0, 0.05) is 56.8 Å². The number of benzene rings is 1. The third-order valence-corrected chi connectivity index (χ3v) is 10.6. The molecule has 0 N–H and O–H groups in total. The lowest BCUT2D eigenvalue weighted by molar-refractivity contribution is 0.0588. The van der Waals surface area contributed by atoms with Crippen LogP contribution in [-0.4, -0.2) is 74.8 Å². The van der Waals surface area contributed by atoms with Gasteiger partial charge >= 0.3 is 5.56 Å². The molecule has 1 aromatic heterocycles. The van der Waals surface area contributed by atoms with Gasteiger partial charge in [0.05, 0.1) is 18.0 Å². The Morgan fingerprint density at radius 1 is 1.08 bits per heavy atom. The predicted octanol–water partition coefficient (Wildman–Crippen LogP) is 2.94. The fourth-order valence-electron chi connectivity index (χ4n) is 4.83. The van der Waals surface area contributed by atoms with Gasteiger partial charge in [-0.2, -0.15) is 9.78 Å². The molecule has 2 atom stereocenters. The van der Waals surface area contributed by atoms with Crippen LogP contribution >= 0.6 is 0 Å². The molecule has 2 heterocycles. The Hall–Kier alpha value is -2.37. The first-order valence-corrected chi connectivity index (χ1v) is 14.7. The number of ether oxygens (including phenoxy) is 2. The molecule has 1 aliphatic carbocycles. The molecule has 0 bridgehead atoms. The Morgan fingerprint density at radius 2 is 1.72 bits per heavy atom. The molecule has 2 unspecified atom stereocenters. The van der Waals surface area contributed by atoms with Gasteiger partial charge in [0.25, 0.3) is 0 Å². The Kier molecular flexibility index (Phi) is 8.11. The molecule has 1 aromatic carbocycles. The van der Waals surface area contributed by atoms with Crippen LogP contribution in [0.2, 0.25) is 0 Å². The molecule has 2 aliphatic rings. The van der Waals surface area contributed by atoms with Crippen LogP contribution in [0.1, 0.15) is 40.0 Å². The molecule has 0 spiro atoms. The van der Waals surface area contributed by atoms with E-state index in [2.05, 4.69) is 5.10 Å². The van der Waals surface area contributed by atoms with Gasteiger partial charge in [0.1, 0.15) is 23.4 Å². The number of anilines is 1. The molecule has 1 aliphatic heterocycles. The number of aromatic nitrogens is 2. The van der Waals surface area contributed by atoms with E-state index < -0.39 is 27.3 Å². The highest BCUT2D eigenvalue weighted by atomic mass is 32.3. The van der Waals surface area contributed by atoms with Crippen molar-refractivity contribution in [3.8, 4) is 11.4 Å². The largest absolute Gasteiger partial charge is 0.483 e. The summed E-state index contributed by atoms with van der Waals surface area (Å²) < 4.78 is 55.9. The summed E-state index contributed by atoms with van der Waals surface area (Å²) in [6.07, 6.45) is 5.42. The molecular weight excluding hydrogens is 490 g/mol. The summed E-state index contributed by atoms with van der Waals surface area (Å²) >= 11 is 0. The monoisotopic (exact) mass is 526 g/mol. The molecule has 200 valence electrons. The van der Waals surface area contributed by atoms with Crippen molar-refractivity contribution >= 4 is 15.8 Å². The summed E-state index contributed by atoms with van der Waals surface area (Å²) in [7, 11) is -2.47. The van der Waals surface area contributed by atoms with Crippen molar-refractivity contribution in [3.05, 3.63) is 46.4 Å². The van der Waals surface area contributed by atoms with Crippen molar-refractivity contribution in [2.75, 3.05) is 43.9 Å². The maximum atomic E-state index is 13.9. The van der Waals surface area contributed by atoms with Crippen LogP contribution in [0, 0.1) is 11.6 Å². The minimum Gasteiger partial charge on any atom is -0.483 e. The van der Waals surface area contributed by atoms with Crippen molar-refractivity contribution in [3.63, 3.8) is 0 Å². The zero-order valence-corrected chi connectivity index (χ0v) is 22.2. The first kappa shape index (κ1) is 26.7. The zero-order valence-electron chi connectivity index (χ0n) is 21.3. The maximum absolute atomic E-state index is 13.9. The van der Waals surface area contributed by atoms with Crippen LogP contribution in [0.15, 0.2) is 29.2 Å². The number of halogens is 2. The highest BCUT2D eigenvalue weighted by Gasteiger charge is 2.32. The van der Waals surface area contributed by atoms with Gasteiger partial charge in [0.2, 0.25) is 5.75 Å². The third kappa shape index (κ3) is 5.63. The Bertz CT molecular complexity index is 1160. The summed E-state index contributed by atoms with van der Waals surface area (Å²) in [6, 6.07) is 2.87. The summed E-state index contributed by atoms with van der Waals surface area (Å²) in [5.74, 6) is -1.49. The minimum atomic E-state index is -2.47. The number of nitrogens with zero attached hydrogens (tertiary/aromatic N) is 4. The zero-order chi connectivity index (χ0) is 26.0. The van der Waals surface area contributed by atoms with E-state index in [0.717, 1.165) is 35.7 Å². The van der Waals surface area contributed by atoms with Crippen LogP contribution in [0.4, 0.5) is 14.5 Å². The molecule has 2 aromatic rings. The minimum absolute atomic E-state index is 0.0128. The molecule has 0 amide bonds. The van der Waals surface area contributed by atoms with E-state index in [4.69, 9.17) is 9.47 Å². The fourth-order valence-corrected chi connectivity index (χ4v) is 6.46. The van der Waals surface area contributed by atoms with Crippen LogP contribution in [0.3, 0.4) is 0 Å². The van der Waals surface area contributed by atoms with Crippen molar-refractivity contribution in [2.24, 2.45) is 0 Å². The molecule has 2 fully saturated rings. The fraction of sp³-hybridized carbons (Fsp3) is 0.600. The lowest BCUT2D eigenvalue weighted by Gasteiger charge is -2.43. The van der Waals surface area contributed by atoms with E-state index in [-0.39, 0.29) is 28.9 Å². The number of hydrogen-bond donors (Lipinski definition) is 1. The summed E-state index contributed by atoms with van der Waals surface area (Å²) in [6.45, 7) is 8.75. The molecule has 1 saturated carbocycles. The van der Waals surface area contributed by atoms with Crippen LogP contribution in [0.25, 0.3) is 5.69 Å². The van der Waals surface area contributed by atoms with Gasteiger partial charge in [0.15, 0.2) is 0 Å².